The van der Waals surface area contributed by atoms with E-state index in [1.165, 1.54) is 11.1 Å². The molecule has 0 saturated carbocycles. The number of rotatable bonds is 6. The summed E-state index contributed by atoms with van der Waals surface area (Å²) in [6.45, 7) is 1.85. The van der Waals surface area contributed by atoms with Crippen molar-refractivity contribution >= 4 is 23.2 Å². The highest BCUT2D eigenvalue weighted by Crippen LogP contribution is 2.52. The fourth-order valence-corrected chi connectivity index (χ4v) is 5.04. The SMILES string of the molecule is CC(C=CC(=O)N1C2CCC1c1ccccc12)NC(=O)C(N)Cc1cccs1. The average molecular weight is 396 g/mol. The number of carbonyl (C=O) groups is 2. The molecule has 2 bridgehead atoms. The summed E-state index contributed by atoms with van der Waals surface area (Å²) in [5, 5.41) is 4.85. The maximum Gasteiger partial charge on any atom is 0.247 e. The molecule has 2 aliphatic heterocycles. The average Bonchev–Trinajstić information content (AvgIpc) is 3.42. The Balaban J connectivity index is 1.33. The van der Waals surface area contributed by atoms with Crippen molar-refractivity contribution < 1.29 is 9.59 Å². The first-order chi connectivity index (χ1) is 13.5. The predicted octanol–water partition coefficient (Wildman–Crippen LogP) is 3.10. The summed E-state index contributed by atoms with van der Waals surface area (Å²) >= 11 is 1.59. The Kier molecular flexibility index (Phi) is 5.33. The van der Waals surface area contributed by atoms with Gasteiger partial charge in [-0.05, 0) is 42.3 Å². The van der Waals surface area contributed by atoms with E-state index in [1.54, 1.807) is 23.5 Å². The summed E-state index contributed by atoms with van der Waals surface area (Å²) in [4.78, 5) is 28.2. The lowest BCUT2D eigenvalue weighted by molar-refractivity contribution is -0.128. The minimum Gasteiger partial charge on any atom is -0.349 e. The number of hydrogen-bond acceptors (Lipinski definition) is 4. The summed E-state index contributed by atoms with van der Waals surface area (Å²) in [5.74, 6) is -0.195. The van der Waals surface area contributed by atoms with Gasteiger partial charge in [0.15, 0.2) is 0 Å². The lowest BCUT2D eigenvalue weighted by atomic mass is 9.92. The summed E-state index contributed by atoms with van der Waals surface area (Å²) in [6.07, 6.45) is 5.90. The van der Waals surface area contributed by atoms with Crippen LogP contribution in [0.4, 0.5) is 0 Å². The fourth-order valence-electron chi connectivity index (χ4n) is 4.28. The first-order valence-electron chi connectivity index (χ1n) is 9.72. The van der Waals surface area contributed by atoms with Crippen LogP contribution in [0.2, 0.25) is 0 Å². The van der Waals surface area contributed by atoms with E-state index in [0.717, 1.165) is 17.7 Å². The van der Waals surface area contributed by atoms with Crippen LogP contribution in [0, 0.1) is 0 Å². The fraction of sp³-hybridized carbons (Fsp3) is 0.364. The molecule has 3 N–H and O–H groups in total. The molecular weight excluding hydrogens is 370 g/mol. The monoisotopic (exact) mass is 395 g/mol. The molecule has 5 nitrogen and oxygen atoms in total. The van der Waals surface area contributed by atoms with Crippen LogP contribution in [-0.2, 0) is 16.0 Å². The molecule has 0 aliphatic carbocycles. The van der Waals surface area contributed by atoms with Crippen molar-refractivity contribution in [1.82, 2.24) is 10.2 Å². The molecule has 0 spiro atoms. The van der Waals surface area contributed by atoms with Gasteiger partial charge in [-0.3, -0.25) is 9.59 Å². The maximum atomic E-state index is 12.8. The molecule has 1 saturated heterocycles. The highest BCUT2D eigenvalue weighted by atomic mass is 32.1. The lowest BCUT2D eigenvalue weighted by Gasteiger charge is -2.21. The van der Waals surface area contributed by atoms with E-state index in [9.17, 15) is 9.59 Å². The van der Waals surface area contributed by atoms with E-state index in [2.05, 4.69) is 17.4 Å². The van der Waals surface area contributed by atoms with Gasteiger partial charge in [-0.2, -0.15) is 0 Å². The zero-order chi connectivity index (χ0) is 19.7. The van der Waals surface area contributed by atoms with Gasteiger partial charge in [0.25, 0.3) is 0 Å². The van der Waals surface area contributed by atoms with E-state index in [-0.39, 0.29) is 29.9 Å². The van der Waals surface area contributed by atoms with Gasteiger partial charge in [0, 0.05) is 23.4 Å². The zero-order valence-corrected chi connectivity index (χ0v) is 16.7. The van der Waals surface area contributed by atoms with Crippen molar-refractivity contribution in [1.29, 1.82) is 0 Å². The minimum absolute atomic E-state index is 0.00711. The van der Waals surface area contributed by atoms with Crippen molar-refractivity contribution in [2.45, 2.75) is 50.4 Å². The quantitative estimate of drug-likeness (QED) is 0.738. The van der Waals surface area contributed by atoms with Crippen LogP contribution in [0.5, 0.6) is 0 Å². The number of hydrogen-bond donors (Lipinski definition) is 2. The molecular formula is C22H25N3O2S. The van der Waals surface area contributed by atoms with Gasteiger partial charge >= 0.3 is 0 Å². The molecule has 4 unspecified atom stereocenters. The van der Waals surface area contributed by atoms with Crippen molar-refractivity contribution in [3.8, 4) is 0 Å². The normalized spacial score (nSPS) is 22.3. The van der Waals surface area contributed by atoms with Crippen molar-refractivity contribution in [2.75, 3.05) is 0 Å². The second-order valence-electron chi connectivity index (χ2n) is 7.53. The molecule has 0 radical (unpaired) electrons. The third-order valence-electron chi connectivity index (χ3n) is 5.59. The molecule has 3 heterocycles. The molecule has 1 fully saturated rings. The molecule has 28 heavy (non-hydrogen) atoms. The van der Waals surface area contributed by atoms with Gasteiger partial charge < -0.3 is 16.0 Å². The van der Waals surface area contributed by atoms with Gasteiger partial charge in [-0.15, -0.1) is 11.3 Å². The van der Waals surface area contributed by atoms with Gasteiger partial charge in [0.1, 0.15) is 0 Å². The van der Waals surface area contributed by atoms with Gasteiger partial charge in [-0.1, -0.05) is 36.4 Å². The number of thiophene rings is 1. The van der Waals surface area contributed by atoms with Gasteiger partial charge in [0.2, 0.25) is 11.8 Å². The third-order valence-corrected chi connectivity index (χ3v) is 6.49. The first-order valence-corrected chi connectivity index (χ1v) is 10.6. The van der Waals surface area contributed by atoms with Crippen molar-refractivity contribution in [3.63, 3.8) is 0 Å². The molecule has 1 aromatic carbocycles. The van der Waals surface area contributed by atoms with Crippen LogP contribution in [0.25, 0.3) is 0 Å². The van der Waals surface area contributed by atoms with E-state index in [4.69, 9.17) is 5.73 Å². The molecule has 6 heteroatoms. The number of amides is 2. The summed E-state index contributed by atoms with van der Waals surface area (Å²) in [7, 11) is 0. The third kappa shape index (κ3) is 3.62. The smallest absolute Gasteiger partial charge is 0.247 e. The number of benzene rings is 1. The Morgan fingerprint density at radius 3 is 2.50 bits per heavy atom. The van der Waals surface area contributed by atoms with Gasteiger partial charge in [-0.25, -0.2) is 0 Å². The summed E-state index contributed by atoms with van der Waals surface area (Å²) < 4.78 is 0. The molecule has 4 rings (SSSR count). The van der Waals surface area contributed by atoms with Gasteiger partial charge in [0.05, 0.1) is 18.1 Å². The van der Waals surface area contributed by atoms with Crippen LogP contribution < -0.4 is 11.1 Å². The minimum atomic E-state index is -0.589. The molecule has 2 aliphatic rings. The highest BCUT2D eigenvalue weighted by molar-refractivity contribution is 7.09. The van der Waals surface area contributed by atoms with Crippen LogP contribution in [-0.4, -0.2) is 28.8 Å². The molecule has 2 aromatic rings. The molecule has 4 atom stereocenters. The Hall–Kier alpha value is -2.44. The number of nitrogens with one attached hydrogen (secondary N) is 1. The first kappa shape index (κ1) is 18.9. The number of carbonyl (C=O) groups excluding carboxylic acids is 2. The highest BCUT2D eigenvalue weighted by Gasteiger charge is 2.45. The molecule has 2 amide bonds. The van der Waals surface area contributed by atoms with Crippen molar-refractivity contribution in [3.05, 3.63) is 69.9 Å². The Morgan fingerprint density at radius 1 is 1.21 bits per heavy atom. The Morgan fingerprint density at radius 2 is 1.89 bits per heavy atom. The second kappa shape index (κ2) is 7.89. The topological polar surface area (TPSA) is 75.4 Å². The van der Waals surface area contributed by atoms with E-state index in [1.807, 2.05) is 41.5 Å². The number of nitrogens with two attached hydrogens (primary N) is 1. The van der Waals surface area contributed by atoms with E-state index in [0.29, 0.717) is 6.42 Å². The van der Waals surface area contributed by atoms with Crippen molar-refractivity contribution in [2.24, 2.45) is 5.73 Å². The standard InChI is InChI=1S/C22H25N3O2S/c1-14(24-22(27)18(23)13-15-5-4-12-28-15)8-11-21(26)25-19-9-10-20(25)17-7-3-2-6-16(17)19/h2-8,11-12,14,18-20H,9-10,13,23H2,1H3,(H,24,27). The number of nitrogens with zero attached hydrogens (tertiary/aromatic N) is 1. The summed E-state index contributed by atoms with van der Waals surface area (Å²) in [6, 6.07) is 11.8. The predicted molar refractivity (Wildman–Crippen MR) is 111 cm³/mol. The largest absolute Gasteiger partial charge is 0.349 e. The van der Waals surface area contributed by atoms with E-state index >= 15 is 0 Å². The van der Waals surface area contributed by atoms with Crippen LogP contribution in [0.1, 0.15) is 47.9 Å². The molecule has 1 aromatic heterocycles. The molecule has 146 valence electrons. The van der Waals surface area contributed by atoms with Crippen LogP contribution >= 0.6 is 11.3 Å². The second-order valence-corrected chi connectivity index (χ2v) is 8.56. The maximum absolute atomic E-state index is 12.8. The lowest BCUT2D eigenvalue weighted by Crippen LogP contribution is -2.45. The van der Waals surface area contributed by atoms with Crippen LogP contribution in [0.15, 0.2) is 53.9 Å². The zero-order valence-electron chi connectivity index (χ0n) is 15.9. The Bertz CT molecular complexity index is 862. The summed E-state index contributed by atoms with van der Waals surface area (Å²) in [5.41, 5.74) is 8.56. The number of fused-ring (bicyclic) bond motifs is 5. The van der Waals surface area contributed by atoms with Crippen LogP contribution in [0.3, 0.4) is 0 Å². The van der Waals surface area contributed by atoms with E-state index < -0.39 is 6.04 Å². The Labute approximate surface area is 169 Å².